The molecule has 18 heavy (non-hydrogen) atoms. The predicted octanol–water partition coefficient (Wildman–Crippen LogP) is 3.37. The summed E-state index contributed by atoms with van der Waals surface area (Å²) in [6.07, 6.45) is -0.274. The molecule has 0 atom stereocenters. The monoisotopic (exact) mass is 261 g/mol. The van der Waals surface area contributed by atoms with Crippen molar-refractivity contribution in [3.63, 3.8) is 0 Å². The molecule has 1 fully saturated rings. The van der Waals surface area contributed by atoms with Crippen molar-refractivity contribution in [3.05, 3.63) is 35.4 Å². The van der Waals surface area contributed by atoms with Crippen molar-refractivity contribution in [1.29, 1.82) is 0 Å². The van der Waals surface area contributed by atoms with E-state index in [-0.39, 0.29) is 32.2 Å². The lowest BCUT2D eigenvalue weighted by molar-refractivity contribution is -0.0509. The minimum Gasteiger partial charge on any atom is -0.330 e. The molecule has 0 heterocycles. The van der Waals surface area contributed by atoms with E-state index in [0.717, 1.165) is 6.07 Å². The van der Waals surface area contributed by atoms with Gasteiger partial charge in [-0.25, -0.2) is 17.6 Å². The Morgan fingerprint density at radius 2 is 1.44 bits per heavy atom. The maximum Gasteiger partial charge on any atom is 0.248 e. The van der Waals surface area contributed by atoms with Crippen LogP contribution >= 0.6 is 0 Å². The smallest absolute Gasteiger partial charge is 0.248 e. The van der Waals surface area contributed by atoms with Gasteiger partial charge in [0.1, 0.15) is 11.6 Å². The fraction of sp³-hybridized carbons (Fsp3) is 0.538. The molecule has 0 saturated heterocycles. The molecule has 0 aromatic heterocycles. The van der Waals surface area contributed by atoms with E-state index in [1.54, 1.807) is 0 Å². The van der Waals surface area contributed by atoms with E-state index < -0.39 is 23.0 Å². The van der Waals surface area contributed by atoms with E-state index >= 15 is 0 Å². The zero-order valence-electron chi connectivity index (χ0n) is 9.86. The first-order chi connectivity index (χ1) is 8.37. The molecule has 5 heteroatoms. The molecule has 1 aliphatic rings. The van der Waals surface area contributed by atoms with Crippen LogP contribution in [0.4, 0.5) is 17.6 Å². The van der Waals surface area contributed by atoms with Gasteiger partial charge in [0.15, 0.2) is 0 Å². The molecule has 0 radical (unpaired) electrons. The molecule has 0 aliphatic heterocycles. The number of benzene rings is 1. The van der Waals surface area contributed by atoms with E-state index in [2.05, 4.69) is 0 Å². The Labute approximate surface area is 103 Å². The Hall–Kier alpha value is -1.10. The molecule has 1 nitrogen and oxygen atoms in total. The average molecular weight is 261 g/mol. The first kappa shape index (κ1) is 13.3. The van der Waals surface area contributed by atoms with Crippen molar-refractivity contribution in [2.75, 3.05) is 6.54 Å². The molecule has 1 aromatic rings. The van der Waals surface area contributed by atoms with E-state index in [1.807, 2.05) is 0 Å². The third-order valence-electron chi connectivity index (χ3n) is 3.80. The third kappa shape index (κ3) is 2.51. The number of alkyl halides is 2. The molecule has 0 spiro atoms. The van der Waals surface area contributed by atoms with Crippen LogP contribution < -0.4 is 5.73 Å². The van der Waals surface area contributed by atoms with Crippen molar-refractivity contribution in [1.82, 2.24) is 0 Å². The maximum atomic E-state index is 13.2. The van der Waals surface area contributed by atoms with Crippen LogP contribution in [0, 0.1) is 11.6 Å². The standard InChI is InChI=1S/C13H15F4N/c14-10-5-9(6-11(15)7-10)12(8-18)1-3-13(16,17)4-2-12/h5-7H,1-4,8,18H2. The van der Waals surface area contributed by atoms with Gasteiger partial charge in [0.05, 0.1) is 0 Å². The lowest BCUT2D eigenvalue weighted by atomic mass is 9.68. The molecule has 1 saturated carbocycles. The van der Waals surface area contributed by atoms with E-state index in [1.165, 1.54) is 12.1 Å². The van der Waals surface area contributed by atoms with Gasteiger partial charge < -0.3 is 5.73 Å². The van der Waals surface area contributed by atoms with Crippen LogP contribution in [0.25, 0.3) is 0 Å². The maximum absolute atomic E-state index is 13.2. The second kappa shape index (κ2) is 4.53. The molecular formula is C13H15F4N. The minimum atomic E-state index is -2.69. The highest BCUT2D eigenvalue weighted by Gasteiger charge is 2.43. The molecule has 0 unspecified atom stereocenters. The van der Waals surface area contributed by atoms with Gasteiger partial charge in [0.25, 0.3) is 0 Å². The van der Waals surface area contributed by atoms with Gasteiger partial charge in [0, 0.05) is 30.9 Å². The summed E-state index contributed by atoms with van der Waals surface area (Å²) < 4.78 is 52.8. The molecule has 2 rings (SSSR count). The van der Waals surface area contributed by atoms with Crippen LogP contribution in [-0.2, 0) is 5.41 Å². The highest BCUT2D eigenvalue weighted by molar-refractivity contribution is 5.28. The van der Waals surface area contributed by atoms with Crippen LogP contribution in [0.15, 0.2) is 18.2 Å². The lowest BCUT2D eigenvalue weighted by Crippen LogP contribution is -2.42. The lowest BCUT2D eigenvalue weighted by Gasteiger charge is -2.39. The zero-order chi connectivity index (χ0) is 13.4. The summed E-state index contributed by atoms with van der Waals surface area (Å²) in [5, 5.41) is 0. The van der Waals surface area contributed by atoms with E-state index in [9.17, 15) is 17.6 Å². The third-order valence-corrected chi connectivity index (χ3v) is 3.80. The number of rotatable bonds is 2. The Morgan fingerprint density at radius 1 is 0.944 bits per heavy atom. The molecule has 0 amide bonds. The van der Waals surface area contributed by atoms with Gasteiger partial charge in [-0.05, 0) is 30.5 Å². The van der Waals surface area contributed by atoms with Crippen LogP contribution in [0.5, 0.6) is 0 Å². The van der Waals surface area contributed by atoms with Gasteiger partial charge in [-0.15, -0.1) is 0 Å². The number of hydrogen-bond acceptors (Lipinski definition) is 1. The molecular weight excluding hydrogens is 246 g/mol. The highest BCUT2D eigenvalue weighted by atomic mass is 19.3. The van der Waals surface area contributed by atoms with Crippen LogP contribution in [0.2, 0.25) is 0 Å². The zero-order valence-corrected chi connectivity index (χ0v) is 9.86. The first-order valence-electron chi connectivity index (χ1n) is 5.91. The minimum absolute atomic E-state index is 0.117. The SMILES string of the molecule is NCC1(c2cc(F)cc(F)c2)CCC(F)(F)CC1. The normalized spacial score (nSPS) is 21.8. The second-order valence-corrected chi connectivity index (χ2v) is 5.00. The van der Waals surface area contributed by atoms with Gasteiger partial charge in [-0.1, -0.05) is 0 Å². The Morgan fingerprint density at radius 3 is 1.89 bits per heavy atom. The fourth-order valence-corrected chi connectivity index (χ4v) is 2.56. The van der Waals surface area contributed by atoms with Crippen molar-refractivity contribution in [3.8, 4) is 0 Å². The Bertz CT molecular complexity index is 414. The average Bonchev–Trinajstić information content (AvgIpc) is 2.28. The molecule has 100 valence electrons. The quantitative estimate of drug-likeness (QED) is 0.811. The fourth-order valence-electron chi connectivity index (χ4n) is 2.56. The van der Waals surface area contributed by atoms with Gasteiger partial charge >= 0.3 is 0 Å². The summed E-state index contributed by atoms with van der Waals surface area (Å²) in [7, 11) is 0. The van der Waals surface area contributed by atoms with Crippen LogP contribution in [0.3, 0.4) is 0 Å². The Balaban J connectivity index is 2.33. The number of hydrogen-bond donors (Lipinski definition) is 1. The summed E-state index contributed by atoms with van der Waals surface area (Å²) in [5.74, 6) is -4.09. The van der Waals surface area contributed by atoms with Crippen molar-refractivity contribution < 1.29 is 17.6 Å². The van der Waals surface area contributed by atoms with Crippen molar-refractivity contribution in [2.45, 2.75) is 37.0 Å². The molecule has 2 N–H and O–H groups in total. The summed E-state index contributed by atoms with van der Waals surface area (Å²) in [6.45, 7) is 0.117. The predicted molar refractivity (Wildman–Crippen MR) is 60.5 cm³/mol. The van der Waals surface area contributed by atoms with Crippen LogP contribution in [-0.4, -0.2) is 12.5 Å². The summed E-state index contributed by atoms with van der Waals surface area (Å²) in [6, 6.07) is 3.16. The van der Waals surface area contributed by atoms with Crippen LogP contribution in [0.1, 0.15) is 31.2 Å². The van der Waals surface area contributed by atoms with E-state index in [0.29, 0.717) is 5.56 Å². The largest absolute Gasteiger partial charge is 0.330 e. The molecule has 1 aliphatic carbocycles. The topological polar surface area (TPSA) is 26.0 Å². The molecule has 0 bridgehead atoms. The van der Waals surface area contributed by atoms with Crippen molar-refractivity contribution in [2.24, 2.45) is 5.73 Å². The van der Waals surface area contributed by atoms with E-state index in [4.69, 9.17) is 5.73 Å². The first-order valence-corrected chi connectivity index (χ1v) is 5.91. The number of halogens is 4. The van der Waals surface area contributed by atoms with Gasteiger partial charge in [-0.2, -0.15) is 0 Å². The summed E-state index contributed by atoms with van der Waals surface area (Å²) in [5.41, 5.74) is 5.32. The van der Waals surface area contributed by atoms with Gasteiger partial charge in [-0.3, -0.25) is 0 Å². The summed E-state index contributed by atoms with van der Waals surface area (Å²) >= 11 is 0. The molecule has 1 aromatic carbocycles. The van der Waals surface area contributed by atoms with Crippen molar-refractivity contribution >= 4 is 0 Å². The number of nitrogens with two attached hydrogens (primary N) is 1. The van der Waals surface area contributed by atoms with Gasteiger partial charge in [0.2, 0.25) is 5.92 Å². The summed E-state index contributed by atoms with van der Waals surface area (Å²) in [4.78, 5) is 0. The highest BCUT2D eigenvalue weighted by Crippen LogP contribution is 2.45. The Kier molecular flexibility index (Phi) is 3.36. The second-order valence-electron chi connectivity index (χ2n) is 5.00.